The number of para-hydroxylation sites is 2. The van der Waals surface area contributed by atoms with Crippen molar-refractivity contribution in [3.8, 4) is 55.6 Å². The molecule has 296 valence electrons. The second kappa shape index (κ2) is 13.0. The number of allylic oxidation sites excluding steroid dienone is 4. The van der Waals surface area contributed by atoms with Gasteiger partial charge in [0.1, 0.15) is 22.3 Å². The van der Waals surface area contributed by atoms with E-state index < -0.39 is 0 Å². The van der Waals surface area contributed by atoms with Gasteiger partial charge in [0.15, 0.2) is 0 Å². The van der Waals surface area contributed by atoms with E-state index in [-0.39, 0.29) is 10.8 Å². The maximum atomic E-state index is 7.03. The van der Waals surface area contributed by atoms with Gasteiger partial charge in [-0.1, -0.05) is 174 Å². The lowest BCUT2D eigenvalue weighted by Crippen LogP contribution is -2.24. The Balaban J connectivity index is 1.12. The van der Waals surface area contributed by atoms with Crippen LogP contribution in [0.15, 0.2) is 192 Å². The predicted molar refractivity (Wildman–Crippen MR) is 261 cm³/mol. The fourth-order valence-corrected chi connectivity index (χ4v) is 11.1. The molecule has 0 spiro atoms. The van der Waals surface area contributed by atoms with Crippen molar-refractivity contribution in [2.75, 3.05) is 0 Å². The SMILES string of the molecule is C=C/C=C(\C=C)c1cccc(-c2cc3c(c4oc5ccccc5c24)-c2ccc4c(c2C3(C)C)C(C)(C)c2cc(-c3cccc(-c5ccccc5)c3)c3oc5ccccc5c3c2-4)c1. The molecule has 2 aliphatic carbocycles. The van der Waals surface area contributed by atoms with Crippen molar-refractivity contribution in [1.82, 2.24) is 0 Å². The molecule has 0 saturated carbocycles. The predicted octanol–water partition coefficient (Wildman–Crippen LogP) is 16.9. The molecule has 2 aliphatic rings. The molecule has 0 saturated heterocycles. The largest absolute Gasteiger partial charge is 0.455 e. The van der Waals surface area contributed by atoms with Crippen molar-refractivity contribution in [3.63, 3.8) is 0 Å². The highest BCUT2D eigenvalue weighted by atomic mass is 16.3. The first-order chi connectivity index (χ1) is 30.2. The number of rotatable bonds is 6. The zero-order valence-corrected chi connectivity index (χ0v) is 35.4. The zero-order chi connectivity index (χ0) is 42.1. The average molecular weight is 797 g/mol. The van der Waals surface area contributed by atoms with Crippen LogP contribution in [-0.4, -0.2) is 0 Å². The molecule has 2 aromatic heterocycles. The van der Waals surface area contributed by atoms with Crippen LogP contribution in [0.4, 0.5) is 0 Å². The van der Waals surface area contributed by atoms with Crippen molar-refractivity contribution in [3.05, 3.63) is 211 Å². The molecule has 12 rings (SSSR count). The van der Waals surface area contributed by atoms with E-state index in [1.54, 1.807) is 0 Å². The molecule has 0 aliphatic heterocycles. The quantitative estimate of drug-likeness (QED) is 0.157. The minimum Gasteiger partial charge on any atom is -0.455 e. The Kier molecular flexibility index (Phi) is 7.66. The summed E-state index contributed by atoms with van der Waals surface area (Å²) in [6.45, 7) is 17.8. The van der Waals surface area contributed by atoms with E-state index in [1.807, 2.05) is 18.2 Å². The van der Waals surface area contributed by atoms with Crippen LogP contribution >= 0.6 is 0 Å². The van der Waals surface area contributed by atoms with Gasteiger partial charge in [0, 0.05) is 43.5 Å². The summed E-state index contributed by atoms with van der Waals surface area (Å²) >= 11 is 0. The third-order valence-corrected chi connectivity index (χ3v) is 13.9. The van der Waals surface area contributed by atoms with E-state index in [4.69, 9.17) is 8.83 Å². The van der Waals surface area contributed by atoms with Crippen LogP contribution in [0.25, 0.3) is 105 Å². The van der Waals surface area contributed by atoms with Crippen LogP contribution in [0.3, 0.4) is 0 Å². The van der Waals surface area contributed by atoms with Gasteiger partial charge < -0.3 is 8.83 Å². The third-order valence-electron chi connectivity index (χ3n) is 13.9. The first-order valence-corrected chi connectivity index (χ1v) is 21.6. The summed E-state index contributed by atoms with van der Waals surface area (Å²) in [5, 5.41) is 4.59. The first-order valence-electron chi connectivity index (χ1n) is 21.6. The summed E-state index contributed by atoms with van der Waals surface area (Å²) in [4.78, 5) is 0. The van der Waals surface area contributed by atoms with Crippen molar-refractivity contribution in [2.24, 2.45) is 0 Å². The maximum absolute atomic E-state index is 7.03. The Hall–Kier alpha value is -7.42. The molecule has 2 heteroatoms. The monoisotopic (exact) mass is 796 g/mol. The molecule has 10 aromatic rings. The minimum atomic E-state index is -0.353. The molecule has 0 fully saturated rings. The van der Waals surface area contributed by atoms with E-state index in [2.05, 4.69) is 193 Å². The lowest BCUT2D eigenvalue weighted by molar-refractivity contribution is 0.601. The van der Waals surface area contributed by atoms with Crippen LogP contribution in [0.1, 0.15) is 55.5 Å². The molecule has 62 heavy (non-hydrogen) atoms. The highest BCUT2D eigenvalue weighted by Gasteiger charge is 2.48. The summed E-state index contributed by atoms with van der Waals surface area (Å²) < 4.78 is 14.0. The Morgan fingerprint density at radius 2 is 1.02 bits per heavy atom. The fourth-order valence-electron chi connectivity index (χ4n) is 11.1. The van der Waals surface area contributed by atoms with Gasteiger partial charge in [-0.3, -0.25) is 0 Å². The molecule has 0 radical (unpaired) electrons. The smallest absolute Gasteiger partial charge is 0.144 e. The van der Waals surface area contributed by atoms with Crippen molar-refractivity contribution in [1.29, 1.82) is 0 Å². The molecular formula is C60H44O2. The summed E-state index contributed by atoms with van der Waals surface area (Å²) in [6, 6.07) is 55.0. The molecule has 0 amide bonds. The Labute approximate surface area is 361 Å². The van der Waals surface area contributed by atoms with Crippen molar-refractivity contribution in [2.45, 2.75) is 38.5 Å². The van der Waals surface area contributed by atoms with Gasteiger partial charge in [-0.2, -0.15) is 0 Å². The van der Waals surface area contributed by atoms with Crippen LogP contribution in [0.5, 0.6) is 0 Å². The standard InChI is InChI=1S/C60H44O2/c1-7-18-35(8-2)37-21-16-23-39(31-37)45-33-48-53(58-51(45)41-25-12-14-27-49(41)62-58)44-30-29-43-52-47(59(3,4)55(43)56(44)60(48,5)6)34-46(57-54(52)42-26-13-15-28-50(42)61-57)40-24-17-22-38(32-40)36-19-10-9-11-20-36/h7-34H,1-2H2,3-6H3/b35-18+. The van der Waals surface area contributed by atoms with Crippen LogP contribution < -0.4 is 0 Å². The number of hydrogen-bond donors (Lipinski definition) is 0. The summed E-state index contributed by atoms with van der Waals surface area (Å²) in [5.41, 5.74) is 22.4. The molecule has 0 bridgehead atoms. The highest BCUT2D eigenvalue weighted by molar-refractivity contribution is 6.21. The Morgan fingerprint density at radius 3 is 1.71 bits per heavy atom. The molecular weight excluding hydrogens is 753 g/mol. The number of fused-ring (bicyclic) bond motifs is 15. The van der Waals surface area contributed by atoms with E-state index >= 15 is 0 Å². The number of furan rings is 2. The molecule has 2 heterocycles. The normalized spacial score (nSPS) is 14.6. The van der Waals surface area contributed by atoms with E-state index in [1.165, 1.54) is 66.6 Å². The van der Waals surface area contributed by atoms with E-state index in [0.29, 0.717) is 0 Å². The first kappa shape index (κ1) is 36.4. The van der Waals surface area contributed by atoms with Crippen LogP contribution in [0, 0.1) is 0 Å². The van der Waals surface area contributed by atoms with Gasteiger partial charge in [0.2, 0.25) is 0 Å². The second-order valence-corrected chi connectivity index (χ2v) is 18.0. The average Bonchev–Trinajstić information content (AvgIpc) is 4.01. The van der Waals surface area contributed by atoms with E-state index in [0.717, 1.165) is 66.3 Å². The maximum Gasteiger partial charge on any atom is 0.144 e. The summed E-state index contributed by atoms with van der Waals surface area (Å²) in [7, 11) is 0. The minimum absolute atomic E-state index is 0.337. The van der Waals surface area contributed by atoms with E-state index in [9.17, 15) is 0 Å². The molecule has 0 N–H and O–H groups in total. The fraction of sp³-hybridized carbons (Fsp3) is 0.100. The van der Waals surface area contributed by atoms with Gasteiger partial charge in [0.25, 0.3) is 0 Å². The van der Waals surface area contributed by atoms with Crippen LogP contribution in [-0.2, 0) is 10.8 Å². The van der Waals surface area contributed by atoms with Gasteiger partial charge in [-0.05, 0) is 114 Å². The molecule has 8 aromatic carbocycles. The second-order valence-electron chi connectivity index (χ2n) is 18.0. The lowest BCUT2D eigenvalue weighted by Gasteiger charge is -2.31. The lowest BCUT2D eigenvalue weighted by atomic mass is 9.72. The molecule has 2 nitrogen and oxygen atoms in total. The molecule has 0 unspecified atom stereocenters. The number of benzene rings is 8. The highest BCUT2D eigenvalue weighted by Crippen LogP contribution is 2.63. The zero-order valence-electron chi connectivity index (χ0n) is 35.4. The van der Waals surface area contributed by atoms with Gasteiger partial charge >= 0.3 is 0 Å². The van der Waals surface area contributed by atoms with Gasteiger partial charge in [-0.15, -0.1) is 0 Å². The summed E-state index contributed by atoms with van der Waals surface area (Å²) in [5.74, 6) is 0. The third kappa shape index (κ3) is 4.92. The Morgan fingerprint density at radius 1 is 0.468 bits per heavy atom. The van der Waals surface area contributed by atoms with Crippen LogP contribution in [0.2, 0.25) is 0 Å². The number of hydrogen-bond acceptors (Lipinski definition) is 2. The molecule has 0 atom stereocenters. The van der Waals surface area contributed by atoms with Crippen molar-refractivity contribution < 1.29 is 8.83 Å². The van der Waals surface area contributed by atoms with Gasteiger partial charge in [-0.25, -0.2) is 0 Å². The Bertz CT molecular complexity index is 3600. The van der Waals surface area contributed by atoms with Crippen molar-refractivity contribution >= 4 is 49.5 Å². The summed E-state index contributed by atoms with van der Waals surface area (Å²) in [6.07, 6.45) is 5.74. The topological polar surface area (TPSA) is 26.3 Å². The van der Waals surface area contributed by atoms with Gasteiger partial charge in [0.05, 0.1) is 0 Å².